The van der Waals surface area contributed by atoms with E-state index in [0.717, 1.165) is 16.8 Å². The van der Waals surface area contributed by atoms with Gasteiger partial charge in [0, 0.05) is 17.8 Å². The highest BCUT2D eigenvalue weighted by Gasteiger charge is 2.13. The summed E-state index contributed by atoms with van der Waals surface area (Å²) in [4.78, 5) is 19.8. The number of hydrogen-bond acceptors (Lipinski definition) is 7. The normalized spacial score (nSPS) is 11.6. The van der Waals surface area contributed by atoms with Gasteiger partial charge < -0.3 is 9.72 Å². The summed E-state index contributed by atoms with van der Waals surface area (Å²) in [6, 6.07) is 6.74. The van der Waals surface area contributed by atoms with Crippen LogP contribution in [-0.2, 0) is 9.84 Å². The van der Waals surface area contributed by atoms with Gasteiger partial charge in [-0.3, -0.25) is 9.97 Å². The van der Waals surface area contributed by atoms with Crippen LogP contribution in [0.4, 0.5) is 0 Å². The Morgan fingerprint density at radius 1 is 1.00 bits per heavy atom. The van der Waals surface area contributed by atoms with Gasteiger partial charge in [0.2, 0.25) is 0 Å². The fourth-order valence-electron chi connectivity index (χ4n) is 2.52. The molecule has 0 bridgehead atoms. The number of nitrogens with one attached hydrogen (secondary N) is 1. The Balaban J connectivity index is 1.59. The van der Waals surface area contributed by atoms with Crippen LogP contribution in [0.3, 0.4) is 0 Å². The monoisotopic (exact) mass is 381 g/mol. The van der Waals surface area contributed by atoms with E-state index in [1.807, 2.05) is 12.1 Å². The summed E-state index contributed by atoms with van der Waals surface area (Å²) in [6.07, 6.45) is 7.87. The van der Waals surface area contributed by atoms with Crippen LogP contribution in [0.15, 0.2) is 60.3 Å². The van der Waals surface area contributed by atoms with E-state index in [-0.39, 0.29) is 10.8 Å². The smallest absolute Gasteiger partial charge is 0.195 e. The maximum Gasteiger partial charge on any atom is 0.195 e. The fraction of sp³-hybridized carbons (Fsp3) is 0.111. The zero-order chi connectivity index (χ0) is 18.9. The van der Waals surface area contributed by atoms with Crippen molar-refractivity contribution in [3.05, 3.63) is 55.2 Å². The highest BCUT2D eigenvalue weighted by atomic mass is 32.2. The second-order valence-corrected chi connectivity index (χ2v) is 7.95. The molecule has 0 aromatic carbocycles. The fourth-order valence-corrected chi connectivity index (χ4v) is 3.31. The van der Waals surface area contributed by atoms with Crippen LogP contribution in [0, 0.1) is 0 Å². The van der Waals surface area contributed by atoms with E-state index in [1.165, 1.54) is 12.3 Å². The molecule has 0 aliphatic heterocycles. The largest absolute Gasteiger partial charge is 0.454 e. The van der Waals surface area contributed by atoms with Gasteiger partial charge >= 0.3 is 0 Å². The molecule has 1 N–H and O–H groups in total. The van der Waals surface area contributed by atoms with Crippen LogP contribution < -0.4 is 4.74 Å². The Labute approximate surface area is 155 Å². The van der Waals surface area contributed by atoms with E-state index in [0.29, 0.717) is 17.1 Å². The molecule has 4 rings (SSSR count). The van der Waals surface area contributed by atoms with Crippen molar-refractivity contribution in [2.75, 3.05) is 5.75 Å². The zero-order valence-electron chi connectivity index (χ0n) is 14.3. The molecule has 0 radical (unpaired) electrons. The van der Waals surface area contributed by atoms with E-state index in [1.54, 1.807) is 37.8 Å². The van der Waals surface area contributed by atoms with Crippen molar-refractivity contribution in [2.45, 2.75) is 11.9 Å². The Morgan fingerprint density at radius 2 is 1.85 bits per heavy atom. The van der Waals surface area contributed by atoms with Gasteiger partial charge in [0.05, 0.1) is 30.0 Å². The van der Waals surface area contributed by atoms with E-state index in [4.69, 9.17) is 4.74 Å². The van der Waals surface area contributed by atoms with Gasteiger partial charge in [-0.05, 0) is 24.3 Å². The number of aromatic amines is 1. The second-order valence-electron chi connectivity index (χ2n) is 5.72. The number of pyridine rings is 2. The first-order valence-corrected chi connectivity index (χ1v) is 9.82. The van der Waals surface area contributed by atoms with Gasteiger partial charge in [0.1, 0.15) is 22.8 Å². The first kappa shape index (κ1) is 17.1. The third-order valence-electron chi connectivity index (χ3n) is 3.93. The summed E-state index contributed by atoms with van der Waals surface area (Å²) >= 11 is 0. The molecule has 4 aromatic rings. The average molecular weight is 381 g/mol. The topological polar surface area (TPSA) is 111 Å². The lowest BCUT2D eigenvalue weighted by atomic mass is 10.3. The van der Waals surface area contributed by atoms with Crippen LogP contribution in [0.25, 0.3) is 22.4 Å². The van der Waals surface area contributed by atoms with Crippen molar-refractivity contribution >= 4 is 20.9 Å². The van der Waals surface area contributed by atoms with Crippen LogP contribution in [0.2, 0.25) is 0 Å². The lowest BCUT2D eigenvalue weighted by Gasteiger charge is -2.06. The first-order chi connectivity index (χ1) is 13.0. The van der Waals surface area contributed by atoms with Crippen LogP contribution in [0.5, 0.6) is 11.5 Å². The molecule has 4 heterocycles. The molecule has 0 unspecified atom stereocenters. The lowest BCUT2D eigenvalue weighted by molar-refractivity contribution is 0.477. The zero-order valence-corrected chi connectivity index (χ0v) is 15.1. The quantitative estimate of drug-likeness (QED) is 0.566. The first-order valence-electron chi connectivity index (χ1n) is 8.17. The average Bonchev–Trinajstić information content (AvgIpc) is 3.12. The van der Waals surface area contributed by atoms with Gasteiger partial charge in [-0.25, -0.2) is 18.4 Å². The number of H-pyrrole nitrogens is 1. The van der Waals surface area contributed by atoms with E-state index < -0.39 is 9.84 Å². The van der Waals surface area contributed by atoms with Gasteiger partial charge in [-0.2, -0.15) is 0 Å². The third-order valence-corrected chi connectivity index (χ3v) is 5.57. The standard InChI is InChI=1S/C18H15N5O3S/c1-2-27(24,25)17-4-3-13(9-21-17)26-14-7-12-8-15(23-18(12)22-10-14)16-11-19-5-6-20-16/h3-11H,2H2,1H3,(H,22,23). The van der Waals surface area contributed by atoms with Gasteiger partial charge in [-0.1, -0.05) is 6.92 Å². The molecular formula is C18H15N5O3S. The maximum absolute atomic E-state index is 11.8. The van der Waals surface area contributed by atoms with Crippen LogP contribution in [0.1, 0.15) is 6.92 Å². The number of sulfone groups is 1. The van der Waals surface area contributed by atoms with Crippen molar-refractivity contribution in [3.8, 4) is 22.9 Å². The summed E-state index contributed by atoms with van der Waals surface area (Å²) in [6.45, 7) is 1.58. The van der Waals surface area contributed by atoms with Gasteiger partial charge in [0.25, 0.3) is 0 Å². The van der Waals surface area contributed by atoms with Crippen molar-refractivity contribution in [2.24, 2.45) is 0 Å². The van der Waals surface area contributed by atoms with Crippen molar-refractivity contribution in [3.63, 3.8) is 0 Å². The summed E-state index contributed by atoms with van der Waals surface area (Å²) in [5, 5.41) is 0.886. The number of rotatable bonds is 5. The van der Waals surface area contributed by atoms with Gasteiger partial charge in [0.15, 0.2) is 14.9 Å². The summed E-state index contributed by atoms with van der Waals surface area (Å²) in [5.41, 5.74) is 2.22. The molecular weight excluding hydrogens is 366 g/mol. The lowest BCUT2D eigenvalue weighted by Crippen LogP contribution is -2.05. The highest BCUT2D eigenvalue weighted by Crippen LogP contribution is 2.27. The molecule has 0 saturated carbocycles. The maximum atomic E-state index is 11.8. The Hall–Kier alpha value is -3.33. The number of aromatic nitrogens is 5. The molecule has 0 fully saturated rings. The number of fused-ring (bicyclic) bond motifs is 1. The third kappa shape index (κ3) is 3.49. The van der Waals surface area contributed by atoms with Crippen molar-refractivity contribution < 1.29 is 13.2 Å². The SMILES string of the molecule is CCS(=O)(=O)c1ccc(Oc2cnc3[nH]c(-c4cnccn4)cc3c2)cn1. The minimum absolute atomic E-state index is 0.00239. The predicted octanol–water partition coefficient (Wildman–Crippen LogP) is 3.00. The second kappa shape index (κ2) is 6.76. The molecule has 0 aliphatic carbocycles. The summed E-state index contributed by atoms with van der Waals surface area (Å²) < 4.78 is 29.4. The molecule has 0 saturated heterocycles. The highest BCUT2D eigenvalue weighted by molar-refractivity contribution is 7.91. The predicted molar refractivity (Wildman–Crippen MR) is 99.2 cm³/mol. The summed E-state index contributed by atoms with van der Waals surface area (Å²) in [5.74, 6) is 0.943. The van der Waals surface area contributed by atoms with Crippen LogP contribution in [-0.4, -0.2) is 39.1 Å². The van der Waals surface area contributed by atoms with Crippen molar-refractivity contribution in [1.29, 1.82) is 0 Å². The minimum Gasteiger partial charge on any atom is -0.454 e. The number of hydrogen-bond donors (Lipinski definition) is 1. The van der Waals surface area contributed by atoms with E-state index in [2.05, 4.69) is 24.9 Å². The minimum atomic E-state index is -3.33. The molecule has 0 aliphatic rings. The van der Waals surface area contributed by atoms with E-state index >= 15 is 0 Å². The summed E-state index contributed by atoms with van der Waals surface area (Å²) in [7, 11) is -3.33. The molecule has 0 amide bonds. The molecule has 0 atom stereocenters. The Morgan fingerprint density at radius 3 is 2.56 bits per heavy atom. The molecule has 9 heteroatoms. The van der Waals surface area contributed by atoms with Crippen LogP contribution >= 0.6 is 0 Å². The van der Waals surface area contributed by atoms with Crippen molar-refractivity contribution in [1.82, 2.24) is 24.9 Å². The number of nitrogens with zero attached hydrogens (tertiary/aromatic N) is 4. The Kier molecular flexibility index (Phi) is 4.28. The molecule has 27 heavy (non-hydrogen) atoms. The van der Waals surface area contributed by atoms with E-state index in [9.17, 15) is 8.42 Å². The molecule has 8 nitrogen and oxygen atoms in total. The Bertz CT molecular complexity index is 1190. The molecule has 0 spiro atoms. The van der Waals surface area contributed by atoms with Gasteiger partial charge in [-0.15, -0.1) is 0 Å². The number of ether oxygens (including phenoxy) is 1. The molecule has 4 aromatic heterocycles. The molecule has 136 valence electrons.